The molecule has 0 atom stereocenters. The number of nitrogens with zero attached hydrogens (tertiary/aromatic N) is 3. The van der Waals surface area contributed by atoms with Crippen molar-refractivity contribution in [1.82, 2.24) is 9.29 Å². The van der Waals surface area contributed by atoms with Gasteiger partial charge in [-0.05, 0) is 49.1 Å². The minimum absolute atomic E-state index is 0.00159. The summed E-state index contributed by atoms with van der Waals surface area (Å²) in [5, 5.41) is 0. The molecule has 0 aliphatic carbocycles. The van der Waals surface area contributed by atoms with Crippen LogP contribution in [-0.4, -0.2) is 58.1 Å². The molecule has 1 fully saturated rings. The molecule has 1 aromatic heterocycles. The molecule has 1 aliphatic heterocycles. The summed E-state index contributed by atoms with van der Waals surface area (Å²) in [6.07, 6.45) is 3.29. The molecule has 0 bridgehead atoms. The lowest BCUT2D eigenvalue weighted by molar-refractivity contribution is 0.130. The van der Waals surface area contributed by atoms with E-state index in [0.29, 0.717) is 31.6 Å². The molecule has 11 heteroatoms. The minimum atomic E-state index is -3.92. The zero-order chi connectivity index (χ0) is 23.5. The summed E-state index contributed by atoms with van der Waals surface area (Å²) in [5.74, 6) is -0.122. The van der Waals surface area contributed by atoms with Crippen LogP contribution in [-0.2, 0) is 20.0 Å². The molecule has 1 aliphatic rings. The molecule has 0 radical (unpaired) electrons. The van der Waals surface area contributed by atoms with E-state index in [2.05, 4.69) is 4.98 Å². The van der Waals surface area contributed by atoms with Crippen LogP contribution >= 0.6 is 0 Å². The number of sulfonamides is 2. The first-order valence-electron chi connectivity index (χ1n) is 10.3. The Morgan fingerprint density at radius 3 is 2.22 bits per heavy atom. The number of pyridine rings is 1. The monoisotopic (exact) mass is 485 g/mol. The summed E-state index contributed by atoms with van der Waals surface area (Å²) in [5.41, 5.74) is 0.373. The highest BCUT2D eigenvalue weighted by Crippen LogP contribution is 2.26. The molecule has 32 heavy (non-hydrogen) atoms. The van der Waals surface area contributed by atoms with Crippen LogP contribution in [0.1, 0.15) is 26.7 Å². The van der Waals surface area contributed by atoms with Crippen LogP contribution < -0.4 is 9.04 Å². The standard InChI is InChI=1S/C21H28FN3O5S2/c1-16(2)15-25(18-6-4-17(22)5-7-18)32(28,29)20-8-9-21(23-14-20)30-19-10-12-24(13-11-19)31(3,26)27/h4-9,14,16,19H,10-13,15H2,1-3H3. The Bertz CT molecular complexity index is 1110. The third-order valence-corrected chi connectivity index (χ3v) is 8.18. The predicted molar refractivity (Wildman–Crippen MR) is 120 cm³/mol. The molecular formula is C21H28FN3O5S2. The van der Waals surface area contributed by atoms with E-state index in [0.717, 1.165) is 0 Å². The molecule has 2 aromatic rings. The van der Waals surface area contributed by atoms with E-state index in [-0.39, 0.29) is 29.3 Å². The molecule has 0 unspecified atom stereocenters. The molecule has 3 rings (SSSR count). The maximum absolute atomic E-state index is 13.3. The number of aromatic nitrogens is 1. The summed E-state index contributed by atoms with van der Waals surface area (Å²) in [6.45, 7) is 4.77. The second-order valence-electron chi connectivity index (χ2n) is 8.22. The maximum Gasteiger partial charge on any atom is 0.265 e. The van der Waals surface area contributed by atoms with Crippen molar-refractivity contribution >= 4 is 25.7 Å². The molecular weight excluding hydrogens is 457 g/mol. The van der Waals surface area contributed by atoms with Crippen LogP contribution in [0.4, 0.5) is 10.1 Å². The van der Waals surface area contributed by atoms with Crippen LogP contribution in [0.2, 0.25) is 0 Å². The average molecular weight is 486 g/mol. The van der Waals surface area contributed by atoms with Crippen molar-refractivity contribution in [2.24, 2.45) is 5.92 Å². The van der Waals surface area contributed by atoms with E-state index in [1.165, 1.54) is 57.5 Å². The van der Waals surface area contributed by atoms with Gasteiger partial charge < -0.3 is 4.74 Å². The Balaban J connectivity index is 1.74. The van der Waals surface area contributed by atoms with E-state index in [1.54, 1.807) is 0 Å². The second-order valence-corrected chi connectivity index (χ2v) is 12.1. The molecule has 0 saturated carbocycles. The number of halogens is 1. The van der Waals surface area contributed by atoms with Crippen molar-refractivity contribution < 1.29 is 26.0 Å². The van der Waals surface area contributed by atoms with E-state index in [9.17, 15) is 21.2 Å². The van der Waals surface area contributed by atoms with Gasteiger partial charge >= 0.3 is 0 Å². The van der Waals surface area contributed by atoms with Crippen molar-refractivity contribution in [3.8, 4) is 5.88 Å². The Labute approximate surface area is 189 Å². The third kappa shape index (κ3) is 5.96. The van der Waals surface area contributed by atoms with E-state index >= 15 is 0 Å². The average Bonchev–Trinajstić information content (AvgIpc) is 2.73. The fourth-order valence-corrected chi connectivity index (χ4v) is 5.90. The van der Waals surface area contributed by atoms with Gasteiger partial charge in [-0.1, -0.05) is 13.8 Å². The van der Waals surface area contributed by atoms with Gasteiger partial charge in [0.2, 0.25) is 15.9 Å². The number of hydrogen-bond donors (Lipinski definition) is 0. The highest BCUT2D eigenvalue weighted by molar-refractivity contribution is 7.92. The summed E-state index contributed by atoms with van der Waals surface area (Å²) < 4.78 is 71.6. The van der Waals surface area contributed by atoms with Crippen molar-refractivity contribution in [3.63, 3.8) is 0 Å². The predicted octanol–water partition coefficient (Wildman–Crippen LogP) is 2.87. The van der Waals surface area contributed by atoms with Crippen molar-refractivity contribution in [3.05, 3.63) is 48.4 Å². The zero-order valence-electron chi connectivity index (χ0n) is 18.3. The highest BCUT2D eigenvalue weighted by atomic mass is 32.2. The molecule has 2 heterocycles. The van der Waals surface area contributed by atoms with E-state index in [1.807, 2.05) is 13.8 Å². The van der Waals surface area contributed by atoms with Crippen LogP contribution in [0.3, 0.4) is 0 Å². The normalized spacial score (nSPS) is 16.3. The first-order chi connectivity index (χ1) is 15.0. The molecule has 176 valence electrons. The lowest BCUT2D eigenvalue weighted by Gasteiger charge is -2.30. The Morgan fingerprint density at radius 2 is 1.72 bits per heavy atom. The maximum atomic E-state index is 13.3. The molecule has 0 N–H and O–H groups in total. The largest absolute Gasteiger partial charge is 0.474 e. The topological polar surface area (TPSA) is 96.9 Å². The first kappa shape index (κ1) is 24.4. The number of ether oxygens (including phenoxy) is 1. The fraction of sp³-hybridized carbons (Fsp3) is 0.476. The van der Waals surface area contributed by atoms with Gasteiger partial charge in [-0.3, -0.25) is 4.31 Å². The Morgan fingerprint density at radius 1 is 1.09 bits per heavy atom. The quantitative estimate of drug-likeness (QED) is 0.570. The fourth-order valence-electron chi connectivity index (χ4n) is 3.45. The van der Waals surface area contributed by atoms with E-state index in [4.69, 9.17) is 4.74 Å². The van der Waals surface area contributed by atoms with Crippen LogP contribution in [0.25, 0.3) is 0 Å². The number of hydrogen-bond acceptors (Lipinski definition) is 6. The van der Waals surface area contributed by atoms with Gasteiger partial charge in [0.1, 0.15) is 16.8 Å². The van der Waals surface area contributed by atoms with Gasteiger partial charge in [-0.15, -0.1) is 0 Å². The lowest BCUT2D eigenvalue weighted by Crippen LogP contribution is -2.41. The van der Waals surface area contributed by atoms with Gasteiger partial charge in [0, 0.05) is 25.7 Å². The molecule has 0 spiro atoms. The summed E-state index contributed by atoms with van der Waals surface area (Å²) in [4.78, 5) is 4.16. The second kappa shape index (κ2) is 9.72. The van der Waals surface area contributed by atoms with Crippen molar-refractivity contribution in [1.29, 1.82) is 0 Å². The number of anilines is 1. The molecule has 8 nitrogen and oxygen atoms in total. The molecule has 0 amide bonds. The van der Waals surface area contributed by atoms with Gasteiger partial charge in [0.05, 0.1) is 18.1 Å². The highest BCUT2D eigenvalue weighted by Gasteiger charge is 2.28. The minimum Gasteiger partial charge on any atom is -0.474 e. The number of rotatable bonds is 8. The van der Waals surface area contributed by atoms with Crippen molar-refractivity contribution in [2.75, 3.05) is 30.2 Å². The summed E-state index contributed by atoms with van der Waals surface area (Å²) >= 11 is 0. The van der Waals surface area contributed by atoms with Gasteiger partial charge in [0.15, 0.2) is 0 Å². The van der Waals surface area contributed by atoms with E-state index < -0.39 is 25.9 Å². The first-order valence-corrected chi connectivity index (χ1v) is 13.6. The lowest BCUT2D eigenvalue weighted by atomic mass is 10.1. The van der Waals surface area contributed by atoms with Crippen molar-refractivity contribution in [2.45, 2.75) is 37.7 Å². The zero-order valence-corrected chi connectivity index (χ0v) is 19.9. The van der Waals surface area contributed by atoms with Crippen LogP contribution in [0.15, 0.2) is 47.5 Å². The number of benzene rings is 1. The molecule has 1 aromatic carbocycles. The smallest absolute Gasteiger partial charge is 0.265 e. The Kier molecular flexibility index (Phi) is 7.41. The number of piperidine rings is 1. The summed E-state index contributed by atoms with van der Waals surface area (Å²) in [7, 11) is -7.13. The SMILES string of the molecule is CC(C)CN(c1ccc(F)cc1)S(=O)(=O)c1ccc(OC2CCN(S(C)(=O)=O)CC2)nc1. The van der Waals surface area contributed by atoms with Crippen LogP contribution in [0, 0.1) is 11.7 Å². The van der Waals surface area contributed by atoms with Gasteiger partial charge in [-0.2, -0.15) is 0 Å². The van der Waals surface area contributed by atoms with Gasteiger partial charge in [0.25, 0.3) is 10.0 Å². The Hall–Kier alpha value is -2.24. The molecule has 1 saturated heterocycles. The van der Waals surface area contributed by atoms with Crippen LogP contribution in [0.5, 0.6) is 5.88 Å². The van der Waals surface area contributed by atoms with Gasteiger partial charge in [-0.25, -0.2) is 30.5 Å². The summed E-state index contributed by atoms with van der Waals surface area (Å²) in [6, 6.07) is 8.24. The third-order valence-electron chi connectivity index (χ3n) is 5.10.